The highest BCUT2D eigenvalue weighted by Gasteiger charge is 2.37. The summed E-state index contributed by atoms with van der Waals surface area (Å²) in [6.45, 7) is 8.99. The first kappa shape index (κ1) is 72.3. The van der Waals surface area contributed by atoms with Gasteiger partial charge < -0.3 is 80.0 Å². The number of amides is 10. The quantitative estimate of drug-likeness (QED) is 0.0361. The number of carboxylic acid groups (broad SMARTS) is 1. The monoisotopic (exact) mass is 1150 g/mol. The van der Waals surface area contributed by atoms with Gasteiger partial charge in [-0.15, -0.1) is 0 Å². The number of imidazole rings is 1. The fourth-order valence-electron chi connectivity index (χ4n) is 8.56. The molecule has 0 bridgehead atoms. The van der Waals surface area contributed by atoms with E-state index in [0.29, 0.717) is 25.0 Å². The number of nitrogens with zero attached hydrogens (tertiary/aromatic N) is 1. The summed E-state index contributed by atoms with van der Waals surface area (Å²) in [5.74, 6) is -11.5. The van der Waals surface area contributed by atoms with Crippen molar-refractivity contribution in [1.29, 1.82) is 0 Å². The molecule has 0 spiro atoms. The molecule has 81 heavy (non-hydrogen) atoms. The maximum absolute atomic E-state index is 14.1. The number of H-pyrrole nitrogens is 1. The molecule has 0 radical (unpaired) electrons. The molecule has 460 valence electrons. The zero-order valence-corrected chi connectivity index (χ0v) is 48.3. The Balaban J connectivity index is 3.32. The number of aliphatic hydroxyl groups excluding tert-OH is 2. The molecule has 0 aliphatic heterocycles. The molecule has 0 aromatic carbocycles. The topological polar surface area (TPSA) is 451 Å². The average Bonchev–Trinajstić information content (AvgIpc) is 3.94. The first-order valence-corrected chi connectivity index (χ1v) is 28.6. The van der Waals surface area contributed by atoms with Crippen molar-refractivity contribution >= 4 is 65.0 Å². The number of primary amides is 2. The molecule has 0 saturated carbocycles. The number of rotatable bonds is 45. The molecule has 27 nitrogen and oxygen atoms in total. The van der Waals surface area contributed by atoms with Gasteiger partial charge in [-0.25, -0.2) is 9.78 Å². The normalized spacial score (nSPS) is 14.9. The lowest BCUT2D eigenvalue weighted by atomic mass is 9.96. The van der Waals surface area contributed by atoms with Crippen LogP contribution in [-0.4, -0.2) is 158 Å². The SMILES string of the molecule is CCCCCCCCCCCCCC(=O)N[C@@H](CCC(N)=O)C(=O)N[C@@H](Cc1cnc[nH]1)C(=O)N[C@@H](CO)C(=O)N[C@@H](CCC(N)=O)C(=O)N[C@H](C(=O)N[C@H](C(=O)N[C@@H](CCCCN)C(=O)N[C@H](C(=O)O)C(C)C)[C@@H](C)O)[C@@H](C)CC. The Morgan fingerprint density at radius 3 is 1.46 bits per heavy atom. The summed E-state index contributed by atoms with van der Waals surface area (Å²) in [4.78, 5) is 153. The first-order valence-electron chi connectivity index (χ1n) is 28.6. The van der Waals surface area contributed by atoms with Crippen molar-refractivity contribution < 1.29 is 68.1 Å². The Morgan fingerprint density at radius 1 is 0.531 bits per heavy atom. The van der Waals surface area contributed by atoms with Crippen molar-refractivity contribution in [3.8, 4) is 0 Å². The van der Waals surface area contributed by atoms with Crippen molar-refractivity contribution in [3.05, 3.63) is 18.2 Å². The highest BCUT2D eigenvalue weighted by molar-refractivity contribution is 5.98. The molecule has 0 fully saturated rings. The Morgan fingerprint density at radius 2 is 0.975 bits per heavy atom. The molecule has 1 aromatic heterocycles. The summed E-state index contributed by atoms with van der Waals surface area (Å²) in [6, 6.07) is -12.1. The van der Waals surface area contributed by atoms with Crippen LogP contribution in [0.4, 0.5) is 0 Å². The van der Waals surface area contributed by atoms with E-state index >= 15 is 0 Å². The lowest BCUT2D eigenvalue weighted by Crippen LogP contribution is -2.63. The molecular weight excluding hydrogens is 1050 g/mol. The van der Waals surface area contributed by atoms with Crippen LogP contribution < -0.4 is 59.7 Å². The summed E-state index contributed by atoms with van der Waals surface area (Å²) >= 11 is 0. The third-order valence-electron chi connectivity index (χ3n) is 13.7. The number of aromatic nitrogens is 2. The van der Waals surface area contributed by atoms with E-state index in [0.717, 1.165) is 25.7 Å². The molecule has 0 aliphatic carbocycles. The fraction of sp³-hybridized carbons (Fsp3) is 0.741. The molecule has 27 heteroatoms. The fourth-order valence-corrected chi connectivity index (χ4v) is 8.56. The van der Waals surface area contributed by atoms with E-state index in [-0.39, 0.29) is 45.1 Å². The van der Waals surface area contributed by atoms with Crippen molar-refractivity contribution in [2.45, 2.75) is 231 Å². The zero-order chi connectivity index (χ0) is 61.0. The van der Waals surface area contributed by atoms with Crippen LogP contribution in [0, 0.1) is 11.8 Å². The summed E-state index contributed by atoms with van der Waals surface area (Å²) in [5, 5.41) is 50.6. The van der Waals surface area contributed by atoms with E-state index in [4.69, 9.17) is 17.2 Å². The van der Waals surface area contributed by atoms with Gasteiger partial charge in [-0.2, -0.15) is 0 Å². The Kier molecular flexibility index (Phi) is 36.1. The number of aliphatic hydroxyl groups is 2. The zero-order valence-electron chi connectivity index (χ0n) is 48.3. The van der Waals surface area contributed by atoms with Crippen molar-refractivity contribution in [1.82, 2.24) is 52.5 Å². The summed E-state index contributed by atoms with van der Waals surface area (Å²) in [5.41, 5.74) is 16.8. The van der Waals surface area contributed by atoms with E-state index in [1.54, 1.807) is 27.7 Å². The number of hydrogen-bond acceptors (Lipinski definition) is 15. The second-order valence-electron chi connectivity index (χ2n) is 21.1. The van der Waals surface area contributed by atoms with Crippen molar-refractivity contribution in [2.75, 3.05) is 13.2 Å². The molecule has 1 heterocycles. The summed E-state index contributed by atoms with van der Waals surface area (Å²) in [6.07, 6.45) is 12.4. The maximum Gasteiger partial charge on any atom is 0.326 e. The maximum atomic E-state index is 14.1. The number of carbonyl (C=O) groups is 11. The van der Waals surface area contributed by atoms with E-state index < -0.39 is 151 Å². The predicted octanol–water partition coefficient (Wildman–Crippen LogP) is -0.649. The van der Waals surface area contributed by atoms with Gasteiger partial charge in [0.1, 0.15) is 48.3 Å². The van der Waals surface area contributed by atoms with E-state index in [9.17, 15) is 68.1 Å². The predicted molar refractivity (Wildman–Crippen MR) is 299 cm³/mol. The third-order valence-corrected chi connectivity index (χ3v) is 13.7. The Hall–Kier alpha value is -6.74. The number of aliphatic carboxylic acids is 1. The van der Waals surface area contributed by atoms with Crippen LogP contribution >= 0.6 is 0 Å². The van der Waals surface area contributed by atoms with Gasteiger partial charge in [0, 0.05) is 37.6 Å². The van der Waals surface area contributed by atoms with Crippen LogP contribution in [0.15, 0.2) is 12.5 Å². The standard InChI is InChI=1S/C54H95N13O14/c1-7-9-10-11-12-13-14-15-16-17-18-22-43(72)60-37(23-25-41(56)70)47(73)63-39(28-35-29-58-31-59-35)50(76)64-40(30-68)51(77)61-38(24-26-42(57)71)49(75)66-45(33(5)8-2)52(78)67-46(34(6)69)53(79)62-36(21-19-20-27-55)48(74)65-44(32(3)4)54(80)81/h29,31-34,36-40,44-46,68-69H,7-28,30,55H2,1-6H3,(H2,56,70)(H2,57,71)(H,58,59)(H,60,72)(H,61,77)(H,62,79)(H,63,73)(H,64,76)(H,65,74)(H,66,75)(H,67,78)(H,80,81)/t33-,34+,36-,37-,38-,39-,40-,44-,45-,46-/m0/s1. The number of carboxylic acids is 1. The van der Waals surface area contributed by atoms with Gasteiger partial charge in [0.05, 0.1) is 19.0 Å². The summed E-state index contributed by atoms with van der Waals surface area (Å²) in [7, 11) is 0. The van der Waals surface area contributed by atoms with Crippen molar-refractivity contribution in [3.63, 3.8) is 0 Å². The largest absolute Gasteiger partial charge is 0.480 e. The Labute approximate surface area is 475 Å². The first-order chi connectivity index (χ1) is 38.4. The van der Waals surface area contributed by atoms with E-state index in [1.165, 1.54) is 58.0 Å². The molecule has 0 aliphatic rings. The minimum Gasteiger partial charge on any atom is -0.480 e. The number of nitrogens with one attached hydrogen (secondary N) is 9. The number of carbonyl (C=O) groups excluding carboxylic acids is 10. The van der Waals surface area contributed by atoms with Crippen LogP contribution in [0.1, 0.15) is 176 Å². The van der Waals surface area contributed by atoms with Crippen LogP contribution in [0.25, 0.3) is 0 Å². The molecule has 1 rings (SSSR count). The number of hydrogen-bond donors (Lipinski definition) is 15. The van der Waals surface area contributed by atoms with E-state index in [2.05, 4.69) is 59.4 Å². The van der Waals surface area contributed by atoms with Gasteiger partial charge in [-0.1, -0.05) is 105 Å². The minimum absolute atomic E-state index is 0.0212. The van der Waals surface area contributed by atoms with Gasteiger partial charge in [-0.3, -0.25) is 47.9 Å². The minimum atomic E-state index is -1.81. The molecule has 18 N–H and O–H groups in total. The highest BCUT2D eigenvalue weighted by Crippen LogP contribution is 2.15. The molecule has 0 unspecified atom stereocenters. The molecular formula is C54H95N13O14. The van der Waals surface area contributed by atoms with Crippen LogP contribution in [0.2, 0.25) is 0 Å². The van der Waals surface area contributed by atoms with Gasteiger partial charge >= 0.3 is 5.97 Å². The van der Waals surface area contributed by atoms with Crippen molar-refractivity contribution in [2.24, 2.45) is 29.0 Å². The lowest BCUT2D eigenvalue weighted by Gasteiger charge is -2.30. The molecule has 0 saturated heterocycles. The average molecular weight is 1150 g/mol. The van der Waals surface area contributed by atoms with Gasteiger partial charge in [0.25, 0.3) is 0 Å². The smallest absolute Gasteiger partial charge is 0.326 e. The van der Waals surface area contributed by atoms with Crippen LogP contribution in [-0.2, 0) is 59.2 Å². The lowest BCUT2D eigenvalue weighted by molar-refractivity contribution is -0.143. The van der Waals surface area contributed by atoms with Gasteiger partial charge in [0.2, 0.25) is 59.1 Å². The highest BCUT2D eigenvalue weighted by atomic mass is 16.4. The van der Waals surface area contributed by atoms with Gasteiger partial charge in [-0.05, 0) is 63.8 Å². The molecule has 10 atom stereocenters. The number of nitrogens with two attached hydrogens (primary N) is 3. The van der Waals surface area contributed by atoms with Gasteiger partial charge in [0.15, 0.2) is 0 Å². The molecule has 1 aromatic rings. The second kappa shape index (κ2) is 40.4. The molecule has 10 amide bonds. The number of unbranched alkanes of at least 4 members (excludes halogenated alkanes) is 11. The van der Waals surface area contributed by atoms with Crippen LogP contribution in [0.5, 0.6) is 0 Å². The number of aromatic amines is 1. The third kappa shape index (κ3) is 29.5. The van der Waals surface area contributed by atoms with E-state index in [1.807, 2.05) is 0 Å². The summed E-state index contributed by atoms with van der Waals surface area (Å²) < 4.78 is 0. The Bertz CT molecular complexity index is 2130. The van der Waals surface area contributed by atoms with Crippen LogP contribution in [0.3, 0.4) is 0 Å². The second-order valence-corrected chi connectivity index (χ2v) is 21.1.